The molecule has 6 nitrogen and oxygen atoms in total. The van der Waals surface area contributed by atoms with Crippen molar-refractivity contribution in [1.29, 1.82) is 0 Å². The second kappa shape index (κ2) is 8.50. The highest BCUT2D eigenvalue weighted by Gasteiger charge is 2.66. The molecule has 0 aromatic heterocycles. The molecule has 1 fully saturated rings. The molecular formula is C19H20F8O6S. The molecule has 1 heterocycles. The quantitative estimate of drug-likeness (QED) is 0.238. The molecule has 0 unspecified atom stereocenters. The van der Waals surface area contributed by atoms with Gasteiger partial charge in [-0.1, -0.05) is 13.0 Å². The van der Waals surface area contributed by atoms with Gasteiger partial charge in [-0.2, -0.15) is 39.2 Å². The fraction of sp³-hybridized carbons (Fsp3) is 0.632. The van der Waals surface area contributed by atoms with Gasteiger partial charge in [0.2, 0.25) is 5.82 Å². The fourth-order valence-corrected chi connectivity index (χ4v) is 3.90. The minimum absolute atomic E-state index is 0.333. The van der Waals surface area contributed by atoms with Crippen molar-refractivity contribution in [3.8, 4) is 5.75 Å². The highest BCUT2D eigenvalue weighted by Crippen LogP contribution is 2.55. The molecule has 1 saturated heterocycles. The normalized spacial score (nSPS) is 26.4. The summed E-state index contributed by atoms with van der Waals surface area (Å²) in [6, 6.07) is 0.851. The van der Waals surface area contributed by atoms with E-state index < -0.39 is 79.9 Å². The number of halogens is 8. The van der Waals surface area contributed by atoms with Crippen LogP contribution in [-0.2, 0) is 24.4 Å². The Morgan fingerprint density at radius 1 is 1.06 bits per heavy atom. The average Bonchev–Trinajstić information content (AvgIpc) is 2.89. The van der Waals surface area contributed by atoms with E-state index in [1.807, 2.05) is 0 Å². The summed E-state index contributed by atoms with van der Waals surface area (Å²) >= 11 is 0. The predicted octanol–water partition coefficient (Wildman–Crippen LogP) is 4.97. The van der Waals surface area contributed by atoms with Crippen LogP contribution in [0.15, 0.2) is 12.1 Å². The summed E-state index contributed by atoms with van der Waals surface area (Å²) in [5.74, 6) is -11.1. The van der Waals surface area contributed by atoms with E-state index in [4.69, 9.17) is 9.47 Å². The maximum atomic E-state index is 14.5. The van der Waals surface area contributed by atoms with E-state index in [0.29, 0.717) is 19.1 Å². The third-order valence-electron chi connectivity index (χ3n) is 5.22. The molecule has 2 rings (SSSR count). The molecule has 0 bridgehead atoms. The number of carbonyl (C=O) groups excluding carboxylic acids is 1. The van der Waals surface area contributed by atoms with Gasteiger partial charge >= 0.3 is 27.8 Å². The number of rotatable bonds is 4. The van der Waals surface area contributed by atoms with Crippen LogP contribution in [-0.4, -0.2) is 43.4 Å². The molecule has 0 amide bonds. The van der Waals surface area contributed by atoms with Gasteiger partial charge in [0.05, 0.1) is 0 Å². The maximum Gasteiger partial charge on any atom is 0.534 e. The van der Waals surface area contributed by atoms with Crippen LogP contribution in [0.1, 0.15) is 46.1 Å². The third kappa shape index (κ3) is 5.09. The van der Waals surface area contributed by atoms with Crippen molar-refractivity contribution in [2.45, 2.75) is 69.5 Å². The summed E-state index contributed by atoms with van der Waals surface area (Å²) < 4.78 is 145. The van der Waals surface area contributed by atoms with Crippen LogP contribution >= 0.6 is 0 Å². The number of ether oxygens (including phenoxy) is 2. The first-order valence-corrected chi connectivity index (χ1v) is 10.9. The summed E-state index contributed by atoms with van der Waals surface area (Å²) in [4.78, 5) is 12.7. The molecular weight excluding hydrogens is 508 g/mol. The monoisotopic (exact) mass is 528 g/mol. The van der Waals surface area contributed by atoms with E-state index in [9.17, 15) is 48.3 Å². The van der Waals surface area contributed by atoms with E-state index >= 15 is 0 Å². The Balaban J connectivity index is 2.77. The van der Waals surface area contributed by atoms with Crippen LogP contribution in [0.4, 0.5) is 35.1 Å². The van der Waals surface area contributed by atoms with Crippen molar-refractivity contribution < 1.29 is 62.0 Å². The average molecular weight is 528 g/mol. The van der Waals surface area contributed by atoms with E-state index in [1.165, 1.54) is 20.8 Å². The van der Waals surface area contributed by atoms with Gasteiger partial charge in [0.25, 0.3) is 0 Å². The Bertz CT molecular complexity index is 1060. The van der Waals surface area contributed by atoms with E-state index in [-0.39, 0.29) is 0 Å². The van der Waals surface area contributed by atoms with E-state index in [0.717, 1.165) is 6.92 Å². The lowest BCUT2D eigenvalue weighted by Crippen LogP contribution is -2.47. The van der Waals surface area contributed by atoms with Crippen LogP contribution in [0.5, 0.6) is 5.75 Å². The zero-order valence-corrected chi connectivity index (χ0v) is 19.1. The van der Waals surface area contributed by atoms with Gasteiger partial charge < -0.3 is 13.7 Å². The Kier molecular flexibility index (Phi) is 7.02. The minimum Gasteiger partial charge on any atom is -0.458 e. The molecule has 0 radical (unpaired) electrons. The molecule has 4 atom stereocenters. The van der Waals surface area contributed by atoms with Crippen LogP contribution in [0.25, 0.3) is 0 Å². The maximum absolute atomic E-state index is 14.5. The molecule has 15 heteroatoms. The van der Waals surface area contributed by atoms with Gasteiger partial charge in [-0.25, -0.2) is 9.18 Å². The Morgan fingerprint density at radius 3 is 2.03 bits per heavy atom. The molecule has 0 spiro atoms. The van der Waals surface area contributed by atoms with Crippen molar-refractivity contribution in [2.24, 2.45) is 5.92 Å². The summed E-state index contributed by atoms with van der Waals surface area (Å²) in [5.41, 5.74) is -11.4. The molecule has 0 aliphatic carbocycles. The number of carbonyl (C=O) groups is 1. The molecule has 0 N–H and O–H groups in total. The van der Waals surface area contributed by atoms with Gasteiger partial charge in [-0.15, -0.1) is 0 Å². The Hall–Kier alpha value is -2.16. The van der Waals surface area contributed by atoms with Gasteiger partial charge in [0.1, 0.15) is 5.60 Å². The molecule has 1 aromatic rings. The van der Waals surface area contributed by atoms with Crippen LogP contribution in [0.3, 0.4) is 0 Å². The van der Waals surface area contributed by atoms with Gasteiger partial charge in [-0.3, -0.25) is 0 Å². The number of hydrogen-bond donors (Lipinski definition) is 0. The van der Waals surface area contributed by atoms with Crippen molar-refractivity contribution in [2.75, 3.05) is 0 Å². The second-order valence-electron chi connectivity index (χ2n) is 8.75. The number of alkyl halides is 6. The fourth-order valence-electron chi connectivity index (χ4n) is 3.41. The van der Waals surface area contributed by atoms with Gasteiger partial charge in [-0.05, 0) is 33.8 Å². The zero-order chi connectivity index (χ0) is 26.7. The van der Waals surface area contributed by atoms with Crippen molar-refractivity contribution in [3.05, 3.63) is 29.3 Å². The summed E-state index contributed by atoms with van der Waals surface area (Å²) in [7, 11) is -6.57. The lowest BCUT2D eigenvalue weighted by Gasteiger charge is -2.32. The number of esters is 1. The standard InChI is InChI=1S/C19H20F8O6S/c1-8-11(14(15(28)32-16(2,3)4)31-17(8,5)18(22,23)24)9-6-7-10(20)12(21)13(9)33-34(29,30)19(25,26)27/h6-8,11,14H,1-5H3/t8-,11-,14+,17+/m0/s1. The lowest BCUT2D eigenvalue weighted by atomic mass is 9.77. The van der Waals surface area contributed by atoms with Crippen LogP contribution in [0, 0.1) is 17.6 Å². The zero-order valence-electron chi connectivity index (χ0n) is 18.3. The predicted molar refractivity (Wildman–Crippen MR) is 99.0 cm³/mol. The third-order valence-corrected chi connectivity index (χ3v) is 6.18. The first-order valence-electron chi connectivity index (χ1n) is 9.49. The number of benzene rings is 1. The molecule has 1 aliphatic rings. The summed E-state index contributed by atoms with van der Waals surface area (Å²) in [5, 5.41) is 0. The smallest absolute Gasteiger partial charge is 0.458 e. The van der Waals surface area contributed by atoms with E-state index in [2.05, 4.69) is 4.18 Å². The first-order chi connectivity index (χ1) is 15.0. The van der Waals surface area contributed by atoms with E-state index in [1.54, 1.807) is 0 Å². The molecule has 0 saturated carbocycles. The van der Waals surface area contributed by atoms with Crippen molar-refractivity contribution >= 4 is 16.1 Å². The Labute approximate surface area is 189 Å². The highest BCUT2D eigenvalue weighted by molar-refractivity contribution is 7.88. The largest absolute Gasteiger partial charge is 0.534 e. The van der Waals surface area contributed by atoms with Crippen molar-refractivity contribution in [1.82, 2.24) is 0 Å². The number of hydrogen-bond acceptors (Lipinski definition) is 6. The first kappa shape index (κ1) is 28.1. The summed E-state index contributed by atoms with van der Waals surface area (Å²) in [6.07, 6.45) is -7.33. The molecule has 34 heavy (non-hydrogen) atoms. The van der Waals surface area contributed by atoms with Crippen LogP contribution < -0.4 is 4.18 Å². The topological polar surface area (TPSA) is 78.9 Å². The summed E-state index contributed by atoms with van der Waals surface area (Å²) in [6.45, 7) is 5.53. The van der Waals surface area contributed by atoms with Crippen molar-refractivity contribution in [3.63, 3.8) is 0 Å². The van der Waals surface area contributed by atoms with Crippen LogP contribution in [0.2, 0.25) is 0 Å². The second-order valence-corrected chi connectivity index (χ2v) is 10.3. The molecule has 194 valence electrons. The van der Waals surface area contributed by atoms with Gasteiger partial charge in [0.15, 0.2) is 23.3 Å². The molecule has 1 aliphatic heterocycles. The Morgan fingerprint density at radius 2 is 1.59 bits per heavy atom. The lowest BCUT2D eigenvalue weighted by molar-refractivity contribution is -0.274. The highest BCUT2D eigenvalue weighted by atomic mass is 32.2. The molecule has 1 aromatic carbocycles. The van der Waals surface area contributed by atoms with Gasteiger partial charge in [0, 0.05) is 17.4 Å². The minimum atomic E-state index is -6.57. The SMILES string of the molecule is C[C@H]1[C@@H](c2ccc(F)c(F)c2OS(=O)(=O)C(F)(F)F)[C@H](C(=O)OC(C)(C)C)O[C@@]1(C)C(F)(F)F.